The molecule has 1 aliphatic heterocycles. The van der Waals surface area contributed by atoms with Gasteiger partial charge in [-0.1, -0.05) is 45.3 Å². The number of hydrogen-bond acceptors (Lipinski definition) is 9. The lowest BCUT2D eigenvalue weighted by atomic mass is 9.43. The summed E-state index contributed by atoms with van der Waals surface area (Å²) in [5.74, 6) is -0.971. The first kappa shape index (κ1) is 38.1. The lowest BCUT2D eigenvalue weighted by Crippen LogP contribution is -2.65. The first-order chi connectivity index (χ1) is 22.8. The lowest BCUT2D eigenvalue weighted by Gasteiger charge is -2.64. The van der Waals surface area contributed by atoms with E-state index in [-0.39, 0.29) is 54.5 Å². The smallest absolute Gasteiger partial charge is 0.444 e. The predicted molar refractivity (Wildman–Crippen MR) is 186 cm³/mol. The molecule has 0 spiro atoms. The molecule has 0 aromatic heterocycles. The third kappa shape index (κ3) is 9.50. The molecule has 1 aromatic rings. The average Bonchev–Trinajstić information content (AvgIpc) is 3.34. The molecule has 2 bridgehead atoms. The van der Waals surface area contributed by atoms with Crippen LogP contribution in [-0.4, -0.2) is 65.7 Å². The molecule has 3 saturated carbocycles. The number of hydrazine groups is 1. The minimum Gasteiger partial charge on any atom is -0.444 e. The molecule has 270 valence electrons. The molecule has 14 nitrogen and oxygen atoms in total. The maximum atomic E-state index is 14.0. The van der Waals surface area contributed by atoms with Crippen molar-refractivity contribution in [1.82, 2.24) is 10.7 Å². The number of amides is 2. The molecule has 5 N–H and O–H groups in total. The van der Waals surface area contributed by atoms with E-state index in [4.69, 9.17) is 19.8 Å². The van der Waals surface area contributed by atoms with E-state index in [9.17, 15) is 24.5 Å². The Hall–Kier alpha value is -3.72. The number of guanidine groups is 1. The van der Waals surface area contributed by atoms with Gasteiger partial charge in [0.15, 0.2) is 10.8 Å². The van der Waals surface area contributed by atoms with Crippen molar-refractivity contribution >= 4 is 36.5 Å². The molecular formula is C34H53BN6O8. The van der Waals surface area contributed by atoms with E-state index in [1.54, 1.807) is 50.5 Å². The Labute approximate surface area is 289 Å². The maximum absolute atomic E-state index is 14.0. The molecule has 1 heterocycles. The molecule has 4 aliphatic rings. The number of nitrogens with two attached hydrogens (primary N) is 1. The van der Waals surface area contributed by atoms with Gasteiger partial charge >= 0.3 is 13.2 Å². The van der Waals surface area contributed by atoms with Crippen LogP contribution in [0.3, 0.4) is 0 Å². The van der Waals surface area contributed by atoms with Crippen molar-refractivity contribution in [3.63, 3.8) is 0 Å². The Bertz CT molecular complexity index is 1430. The van der Waals surface area contributed by atoms with Gasteiger partial charge in [-0.15, -0.1) is 0 Å². The van der Waals surface area contributed by atoms with E-state index >= 15 is 0 Å². The third-order valence-corrected chi connectivity index (χ3v) is 10.2. The SMILES string of the molecule is CC(C)C[C@H](NC(=O)[C@H](CCCN=C(N)N[N+](=O)[O-])CC(=O)c1cccc(NC(=O)OC(C)(C)C)c1)B1O[C@@H]2C[C@H]3C[C@H](C3(C)C)[C@]2(C)O1. The van der Waals surface area contributed by atoms with Crippen LogP contribution in [0.5, 0.6) is 0 Å². The highest BCUT2D eigenvalue weighted by Crippen LogP contribution is 2.65. The van der Waals surface area contributed by atoms with Gasteiger partial charge in [-0.05, 0) is 95.1 Å². The topological polar surface area (TPSA) is 197 Å². The van der Waals surface area contributed by atoms with Gasteiger partial charge in [0.25, 0.3) is 5.96 Å². The molecule has 5 rings (SSSR count). The normalized spacial score (nSPS) is 25.4. The van der Waals surface area contributed by atoms with Crippen LogP contribution in [0.15, 0.2) is 29.3 Å². The van der Waals surface area contributed by atoms with Crippen molar-refractivity contribution in [1.29, 1.82) is 0 Å². The second-order valence-corrected chi connectivity index (χ2v) is 15.9. The van der Waals surface area contributed by atoms with Crippen LogP contribution in [0.4, 0.5) is 10.5 Å². The Balaban J connectivity index is 1.49. The van der Waals surface area contributed by atoms with E-state index in [1.807, 2.05) is 0 Å². The van der Waals surface area contributed by atoms with Gasteiger partial charge in [-0.25, -0.2) is 19.9 Å². The summed E-state index contributed by atoms with van der Waals surface area (Å²) < 4.78 is 18.6. The van der Waals surface area contributed by atoms with Gasteiger partial charge in [0, 0.05) is 30.1 Å². The van der Waals surface area contributed by atoms with E-state index < -0.39 is 41.3 Å². The standard InChI is InChI=1S/C34H53BN6O8/c1-20(2)15-28(35-48-27-19-23-18-26(33(23,6)7)34(27,8)49-35)39-29(43)22(12-10-14-37-30(36)40-41(45)46)17-25(42)21-11-9-13-24(16-21)38-31(44)47-32(3,4)5/h9,11,13,16,20,22-23,26-28H,10,12,14-15,17-19H2,1-8H3,(H,38,44)(H,39,43)(H3,36,37,40)/t22-,23-,26-,27-,28+,34+/m1/s1. The summed E-state index contributed by atoms with van der Waals surface area (Å²) in [6, 6.07) is 6.47. The van der Waals surface area contributed by atoms with Crippen molar-refractivity contribution in [3.05, 3.63) is 39.9 Å². The van der Waals surface area contributed by atoms with Gasteiger partial charge in [0.1, 0.15) is 5.60 Å². The Kier molecular flexibility index (Phi) is 11.7. The van der Waals surface area contributed by atoms with Gasteiger partial charge in [0.05, 0.1) is 17.6 Å². The van der Waals surface area contributed by atoms with Crippen molar-refractivity contribution in [2.45, 2.75) is 117 Å². The van der Waals surface area contributed by atoms with Crippen LogP contribution < -0.4 is 21.8 Å². The van der Waals surface area contributed by atoms with E-state index in [2.05, 4.69) is 50.2 Å². The van der Waals surface area contributed by atoms with E-state index in [0.29, 0.717) is 35.9 Å². The second-order valence-electron chi connectivity index (χ2n) is 15.9. The summed E-state index contributed by atoms with van der Waals surface area (Å²) >= 11 is 0. The summed E-state index contributed by atoms with van der Waals surface area (Å²) in [4.78, 5) is 54.6. The molecule has 4 fully saturated rings. The van der Waals surface area contributed by atoms with Crippen LogP contribution in [0.1, 0.15) is 104 Å². The number of ketones is 1. The molecule has 3 aliphatic carbocycles. The fraction of sp³-hybridized carbons (Fsp3) is 0.706. The first-order valence-corrected chi connectivity index (χ1v) is 17.3. The van der Waals surface area contributed by atoms with Gasteiger partial charge in [-0.3, -0.25) is 14.9 Å². The van der Waals surface area contributed by atoms with Gasteiger partial charge in [-0.2, -0.15) is 0 Å². The number of nitro groups is 1. The summed E-state index contributed by atoms with van der Waals surface area (Å²) in [6.45, 7) is 16.3. The van der Waals surface area contributed by atoms with Gasteiger partial charge < -0.3 is 25.1 Å². The molecule has 1 saturated heterocycles. The number of hydrogen-bond donors (Lipinski definition) is 4. The number of carbonyl (C=O) groups is 3. The van der Waals surface area contributed by atoms with Crippen LogP contribution in [0.25, 0.3) is 0 Å². The summed E-state index contributed by atoms with van der Waals surface area (Å²) in [6.07, 6.45) is 2.44. The zero-order valence-corrected chi connectivity index (χ0v) is 30.0. The minimum atomic E-state index is -0.803. The molecule has 2 amide bonds. The maximum Gasteiger partial charge on any atom is 0.481 e. The predicted octanol–water partition coefficient (Wildman–Crippen LogP) is 4.90. The number of ether oxygens (including phenoxy) is 1. The molecule has 1 aromatic carbocycles. The van der Waals surface area contributed by atoms with Crippen LogP contribution >= 0.6 is 0 Å². The van der Waals surface area contributed by atoms with Crippen molar-refractivity contribution in [2.24, 2.45) is 39.8 Å². The van der Waals surface area contributed by atoms with Crippen LogP contribution in [0, 0.1) is 39.2 Å². The Morgan fingerprint density at radius 1 is 1.20 bits per heavy atom. The number of nitrogens with zero attached hydrogens (tertiary/aromatic N) is 2. The first-order valence-electron chi connectivity index (χ1n) is 17.3. The Morgan fingerprint density at radius 2 is 1.92 bits per heavy atom. The highest BCUT2D eigenvalue weighted by atomic mass is 16.7. The minimum absolute atomic E-state index is 0.0455. The van der Waals surface area contributed by atoms with Gasteiger partial charge in [0.2, 0.25) is 5.91 Å². The van der Waals surface area contributed by atoms with Crippen molar-refractivity contribution in [2.75, 3.05) is 11.9 Å². The summed E-state index contributed by atoms with van der Waals surface area (Å²) in [5.41, 5.74) is 7.10. The van der Waals surface area contributed by atoms with Crippen molar-refractivity contribution in [3.8, 4) is 0 Å². The van der Waals surface area contributed by atoms with Crippen LogP contribution in [0.2, 0.25) is 0 Å². The number of rotatable bonds is 14. The molecule has 15 heteroatoms. The molecule has 0 radical (unpaired) electrons. The zero-order valence-electron chi connectivity index (χ0n) is 30.0. The van der Waals surface area contributed by atoms with E-state index in [1.165, 1.54) is 0 Å². The second kappa shape index (κ2) is 15.0. The largest absolute Gasteiger partial charge is 0.481 e. The molecular weight excluding hydrogens is 631 g/mol. The zero-order chi connectivity index (χ0) is 36.3. The number of Topliss-reactive ketones (excluding diaryl/α,β-unsaturated/α-hetero) is 1. The number of aliphatic imine (C=N–C) groups is 1. The molecule has 49 heavy (non-hydrogen) atoms. The van der Waals surface area contributed by atoms with Crippen LogP contribution in [-0.2, 0) is 18.8 Å². The van der Waals surface area contributed by atoms with E-state index in [0.717, 1.165) is 12.8 Å². The quantitative estimate of drug-likeness (QED) is 0.0398. The Morgan fingerprint density at radius 3 is 2.55 bits per heavy atom. The number of benzene rings is 1. The monoisotopic (exact) mass is 684 g/mol. The fourth-order valence-corrected chi connectivity index (χ4v) is 7.64. The summed E-state index contributed by atoms with van der Waals surface area (Å²) in [7, 11) is -0.624. The number of nitrogens with one attached hydrogen (secondary N) is 3. The lowest BCUT2D eigenvalue weighted by molar-refractivity contribution is -0.525. The fourth-order valence-electron chi connectivity index (χ4n) is 7.64. The van der Waals surface area contributed by atoms with Crippen molar-refractivity contribution < 1.29 is 33.5 Å². The third-order valence-electron chi connectivity index (χ3n) is 10.2. The average molecular weight is 685 g/mol. The molecule has 6 atom stereocenters. The molecule has 0 unspecified atom stereocenters. The summed E-state index contributed by atoms with van der Waals surface area (Å²) in [5, 5.41) is 15.7. The highest BCUT2D eigenvalue weighted by molar-refractivity contribution is 6.47. The highest BCUT2D eigenvalue weighted by Gasteiger charge is 2.68. The number of carbonyl (C=O) groups excluding carboxylic acids is 3. The number of anilines is 1.